The first-order chi connectivity index (χ1) is 25.8. The van der Waals surface area contributed by atoms with E-state index in [0.717, 1.165) is 39.0 Å². The van der Waals surface area contributed by atoms with Crippen molar-refractivity contribution in [2.75, 3.05) is 4.90 Å². The van der Waals surface area contributed by atoms with Gasteiger partial charge in [-0.3, -0.25) is 0 Å². The van der Waals surface area contributed by atoms with E-state index in [9.17, 15) is 0 Å². The van der Waals surface area contributed by atoms with Gasteiger partial charge < -0.3 is 9.32 Å². The summed E-state index contributed by atoms with van der Waals surface area (Å²) in [5.74, 6) is 0. The number of thiophene rings is 1. The van der Waals surface area contributed by atoms with Crippen molar-refractivity contribution in [2.24, 2.45) is 0 Å². The van der Waals surface area contributed by atoms with E-state index in [0.29, 0.717) is 0 Å². The summed E-state index contributed by atoms with van der Waals surface area (Å²) >= 11 is 1.84. The maximum atomic E-state index is 6.66. The minimum Gasteiger partial charge on any atom is -0.454 e. The van der Waals surface area contributed by atoms with E-state index >= 15 is 0 Å². The molecule has 0 bridgehead atoms. The molecule has 0 amide bonds. The van der Waals surface area contributed by atoms with Crippen LogP contribution in [0, 0.1) is 0 Å². The van der Waals surface area contributed by atoms with E-state index in [1.54, 1.807) is 0 Å². The van der Waals surface area contributed by atoms with Crippen LogP contribution in [0.25, 0.3) is 53.2 Å². The SMILES string of the molecule is c1ccc(C2(c3ccc(N(c4ccc5c(c4)sc4ccccc45)c4cccc5c4oc4ccccc45)cc3)c3ccccc3-c3ccccc32)cc1. The fourth-order valence-electron chi connectivity index (χ4n) is 8.76. The number of hydrogen-bond donors (Lipinski definition) is 0. The van der Waals surface area contributed by atoms with Crippen molar-refractivity contribution in [3.63, 3.8) is 0 Å². The van der Waals surface area contributed by atoms with Crippen LogP contribution in [0.5, 0.6) is 0 Å². The Morgan fingerprint density at radius 3 is 1.81 bits per heavy atom. The number of benzene rings is 8. The fourth-order valence-corrected chi connectivity index (χ4v) is 9.90. The van der Waals surface area contributed by atoms with Crippen LogP contribution in [0.3, 0.4) is 0 Å². The summed E-state index contributed by atoms with van der Waals surface area (Å²) in [6.45, 7) is 0. The predicted octanol–water partition coefficient (Wildman–Crippen LogP) is 13.8. The molecule has 0 spiro atoms. The zero-order valence-corrected chi connectivity index (χ0v) is 29.0. The predicted molar refractivity (Wildman–Crippen MR) is 219 cm³/mol. The molecule has 0 N–H and O–H groups in total. The van der Waals surface area contributed by atoms with Gasteiger partial charge in [0.15, 0.2) is 5.58 Å². The molecule has 11 rings (SSSR count). The quantitative estimate of drug-likeness (QED) is 0.180. The van der Waals surface area contributed by atoms with Crippen LogP contribution in [-0.2, 0) is 5.41 Å². The molecule has 3 heteroatoms. The van der Waals surface area contributed by atoms with E-state index in [1.165, 1.54) is 53.6 Å². The van der Waals surface area contributed by atoms with E-state index in [-0.39, 0.29) is 0 Å². The third-order valence-electron chi connectivity index (χ3n) is 11.0. The van der Waals surface area contributed by atoms with Crippen molar-refractivity contribution >= 4 is 70.5 Å². The highest BCUT2D eigenvalue weighted by atomic mass is 32.1. The van der Waals surface area contributed by atoms with Gasteiger partial charge in [-0.2, -0.15) is 0 Å². The van der Waals surface area contributed by atoms with Gasteiger partial charge in [-0.15, -0.1) is 11.3 Å². The first kappa shape index (κ1) is 29.3. The highest BCUT2D eigenvalue weighted by molar-refractivity contribution is 7.25. The molecule has 0 saturated heterocycles. The lowest BCUT2D eigenvalue weighted by atomic mass is 9.68. The van der Waals surface area contributed by atoms with Crippen LogP contribution in [0.15, 0.2) is 192 Å². The average molecular weight is 682 g/mol. The van der Waals surface area contributed by atoms with E-state index in [4.69, 9.17) is 4.42 Å². The lowest BCUT2D eigenvalue weighted by molar-refractivity contribution is 0.669. The molecule has 2 aromatic heterocycles. The largest absolute Gasteiger partial charge is 0.454 e. The van der Waals surface area contributed by atoms with Gasteiger partial charge >= 0.3 is 0 Å². The third kappa shape index (κ3) is 4.11. The first-order valence-corrected chi connectivity index (χ1v) is 18.6. The van der Waals surface area contributed by atoms with Crippen molar-refractivity contribution in [3.05, 3.63) is 210 Å². The Kier molecular flexibility index (Phi) is 6.37. The van der Waals surface area contributed by atoms with Crippen molar-refractivity contribution in [1.82, 2.24) is 0 Å². The van der Waals surface area contributed by atoms with Crippen molar-refractivity contribution in [2.45, 2.75) is 5.41 Å². The lowest BCUT2D eigenvalue weighted by Crippen LogP contribution is -2.28. The summed E-state index contributed by atoms with van der Waals surface area (Å²) < 4.78 is 9.22. The molecule has 1 aliphatic rings. The topological polar surface area (TPSA) is 16.4 Å². The Labute approximate surface area is 305 Å². The van der Waals surface area contributed by atoms with E-state index < -0.39 is 5.41 Å². The van der Waals surface area contributed by atoms with E-state index in [2.05, 4.69) is 187 Å². The second-order valence-corrected chi connectivity index (χ2v) is 14.7. The Hall–Kier alpha value is -6.42. The molecule has 2 heterocycles. The summed E-state index contributed by atoms with van der Waals surface area (Å²) in [7, 11) is 0. The standard InChI is InChI=1S/C49H31NOS/c1-2-13-32(14-3-1)49(42-20-8-4-15-36(42)37-16-5-9-21-43(37)49)33-25-27-34(28-26-33)50(35-29-30-40-39-18-7-11-24-46(39)52-47(40)31-35)44-22-12-19-41-38-17-6-10-23-45(38)51-48(41)44/h1-31H. The molecule has 0 atom stereocenters. The van der Waals surface area contributed by atoms with Crippen molar-refractivity contribution < 1.29 is 4.42 Å². The molecule has 10 aromatic rings. The number of furan rings is 1. The summed E-state index contributed by atoms with van der Waals surface area (Å²) in [6, 6.07) is 68.5. The van der Waals surface area contributed by atoms with Crippen LogP contribution in [0.2, 0.25) is 0 Å². The summed E-state index contributed by atoms with van der Waals surface area (Å²) in [5.41, 5.74) is 12.2. The van der Waals surface area contributed by atoms with Gasteiger partial charge in [0, 0.05) is 42.3 Å². The zero-order chi connectivity index (χ0) is 34.2. The minimum atomic E-state index is -0.452. The number of hydrogen-bond acceptors (Lipinski definition) is 3. The fraction of sp³-hybridized carbons (Fsp3) is 0.0204. The molecular weight excluding hydrogens is 651 g/mol. The van der Waals surface area contributed by atoms with Gasteiger partial charge in [0.25, 0.3) is 0 Å². The summed E-state index contributed by atoms with van der Waals surface area (Å²) in [5, 5.41) is 4.82. The van der Waals surface area contributed by atoms with Crippen LogP contribution in [-0.4, -0.2) is 0 Å². The maximum absolute atomic E-state index is 6.66. The van der Waals surface area contributed by atoms with Gasteiger partial charge in [0.2, 0.25) is 0 Å². The van der Waals surface area contributed by atoms with Gasteiger partial charge in [-0.05, 0) is 75.8 Å². The number of fused-ring (bicyclic) bond motifs is 9. The molecule has 52 heavy (non-hydrogen) atoms. The Bertz CT molecular complexity index is 2930. The molecular formula is C49H31NOS. The molecule has 0 saturated carbocycles. The summed E-state index contributed by atoms with van der Waals surface area (Å²) in [6.07, 6.45) is 0. The molecule has 0 unspecified atom stereocenters. The Morgan fingerprint density at radius 1 is 0.423 bits per heavy atom. The second-order valence-electron chi connectivity index (χ2n) is 13.6. The average Bonchev–Trinajstić information content (AvgIpc) is 3.87. The molecule has 244 valence electrons. The van der Waals surface area contributed by atoms with E-state index in [1.807, 2.05) is 17.4 Å². The Balaban J connectivity index is 1.15. The normalized spacial score (nSPS) is 13.2. The molecule has 0 aliphatic heterocycles. The van der Waals surface area contributed by atoms with Gasteiger partial charge in [0.05, 0.1) is 11.1 Å². The number of anilines is 3. The van der Waals surface area contributed by atoms with Crippen LogP contribution in [0.1, 0.15) is 22.3 Å². The van der Waals surface area contributed by atoms with Crippen molar-refractivity contribution in [1.29, 1.82) is 0 Å². The Morgan fingerprint density at radius 2 is 1.02 bits per heavy atom. The number of rotatable bonds is 5. The van der Waals surface area contributed by atoms with Gasteiger partial charge in [-0.25, -0.2) is 0 Å². The molecule has 0 radical (unpaired) electrons. The lowest BCUT2D eigenvalue weighted by Gasteiger charge is -2.34. The van der Waals surface area contributed by atoms with Gasteiger partial charge in [-0.1, -0.05) is 146 Å². The number of para-hydroxylation sites is 2. The molecule has 2 nitrogen and oxygen atoms in total. The highest BCUT2D eigenvalue weighted by Crippen LogP contribution is 2.56. The second kappa shape index (κ2) is 11.3. The number of nitrogens with zero attached hydrogens (tertiary/aromatic N) is 1. The summed E-state index contributed by atoms with van der Waals surface area (Å²) in [4.78, 5) is 2.37. The molecule has 0 fully saturated rings. The zero-order valence-electron chi connectivity index (χ0n) is 28.2. The highest BCUT2D eigenvalue weighted by Gasteiger charge is 2.45. The van der Waals surface area contributed by atoms with Gasteiger partial charge in [0.1, 0.15) is 5.58 Å². The van der Waals surface area contributed by atoms with Crippen LogP contribution < -0.4 is 4.90 Å². The maximum Gasteiger partial charge on any atom is 0.159 e. The molecule has 1 aliphatic carbocycles. The third-order valence-corrected chi connectivity index (χ3v) is 12.1. The molecule has 8 aromatic carbocycles. The monoisotopic (exact) mass is 681 g/mol. The smallest absolute Gasteiger partial charge is 0.159 e. The van der Waals surface area contributed by atoms with Crippen LogP contribution >= 0.6 is 11.3 Å². The van der Waals surface area contributed by atoms with Crippen LogP contribution in [0.4, 0.5) is 17.1 Å². The minimum absolute atomic E-state index is 0.452. The first-order valence-electron chi connectivity index (χ1n) is 17.8. The van der Waals surface area contributed by atoms with Crippen molar-refractivity contribution in [3.8, 4) is 11.1 Å².